The van der Waals surface area contributed by atoms with Gasteiger partial charge < -0.3 is 5.73 Å². The Morgan fingerprint density at radius 1 is 1.50 bits per heavy atom. The molecule has 1 aromatic carbocycles. The third kappa shape index (κ3) is 1.52. The molecule has 4 nitrogen and oxygen atoms in total. The largest absolute Gasteiger partial charge is 0.398 e. The molecule has 0 aromatic heterocycles. The zero-order valence-electron chi connectivity index (χ0n) is 6.24. The second kappa shape index (κ2) is 3.39. The summed E-state index contributed by atoms with van der Waals surface area (Å²) in [6.07, 6.45) is 1.54. The van der Waals surface area contributed by atoms with Gasteiger partial charge in [0, 0.05) is 5.69 Å². The van der Waals surface area contributed by atoms with Crippen LogP contribution >= 0.6 is 0 Å². The summed E-state index contributed by atoms with van der Waals surface area (Å²) >= 11 is 0. The number of para-hydroxylation sites is 1. The summed E-state index contributed by atoms with van der Waals surface area (Å²) in [6.45, 7) is 0. The Balaban J connectivity index is 2.97. The Kier molecular flexibility index (Phi) is 2.29. The minimum atomic E-state index is -0.476. The number of hydrogen-bond donors (Lipinski definition) is 2. The highest BCUT2D eigenvalue weighted by atomic mass is 16.1. The number of nitrogens with one attached hydrogen (secondary N) is 1. The average Bonchev–Trinajstić information content (AvgIpc) is 2.05. The van der Waals surface area contributed by atoms with Gasteiger partial charge in [0.15, 0.2) is 6.19 Å². The standard InChI is InChI=1S/C8H7N3O/c9-5-11-8(12)6-3-1-2-4-7(6)10/h1-4H,10H2,(H,11,12). The highest BCUT2D eigenvalue weighted by molar-refractivity contribution is 5.99. The molecular weight excluding hydrogens is 154 g/mol. The van der Waals surface area contributed by atoms with Crippen molar-refractivity contribution in [3.63, 3.8) is 0 Å². The molecule has 1 rings (SSSR count). The molecule has 0 radical (unpaired) electrons. The summed E-state index contributed by atoms with van der Waals surface area (Å²) in [7, 11) is 0. The van der Waals surface area contributed by atoms with Gasteiger partial charge in [-0.1, -0.05) is 12.1 Å². The number of rotatable bonds is 1. The molecule has 60 valence electrons. The molecule has 0 aliphatic heterocycles. The Bertz CT molecular complexity index is 340. The molecule has 0 bridgehead atoms. The van der Waals surface area contributed by atoms with E-state index >= 15 is 0 Å². The highest BCUT2D eigenvalue weighted by Crippen LogP contribution is 2.09. The number of carbonyl (C=O) groups is 1. The van der Waals surface area contributed by atoms with E-state index in [9.17, 15) is 4.79 Å². The van der Waals surface area contributed by atoms with Gasteiger partial charge in [-0.2, -0.15) is 5.26 Å². The van der Waals surface area contributed by atoms with Crippen molar-refractivity contribution in [2.24, 2.45) is 0 Å². The third-order valence-electron chi connectivity index (χ3n) is 1.37. The van der Waals surface area contributed by atoms with Crippen molar-refractivity contribution in [2.75, 3.05) is 5.73 Å². The molecule has 0 fully saturated rings. The van der Waals surface area contributed by atoms with Gasteiger partial charge in [-0.25, -0.2) is 0 Å². The first kappa shape index (κ1) is 8.08. The lowest BCUT2D eigenvalue weighted by molar-refractivity contribution is 0.0974. The fourth-order valence-corrected chi connectivity index (χ4v) is 0.822. The zero-order chi connectivity index (χ0) is 8.97. The predicted octanol–water partition coefficient (Wildman–Crippen LogP) is 0.480. The Morgan fingerprint density at radius 2 is 2.17 bits per heavy atom. The van der Waals surface area contributed by atoms with E-state index in [1.807, 2.05) is 5.32 Å². The van der Waals surface area contributed by atoms with Crippen LogP contribution in [0.3, 0.4) is 0 Å². The molecule has 1 amide bonds. The number of nitrogens with two attached hydrogens (primary N) is 1. The number of carbonyl (C=O) groups excluding carboxylic acids is 1. The van der Waals surface area contributed by atoms with E-state index in [0.29, 0.717) is 11.3 Å². The lowest BCUT2D eigenvalue weighted by Crippen LogP contribution is -2.18. The van der Waals surface area contributed by atoms with E-state index in [1.165, 1.54) is 6.19 Å². The molecular formula is C8H7N3O. The molecule has 0 heterocycles. The topological polar surface area (TPSA) is 78.9 Å². The fourth-order valence-electron chi connectivity index (χ4n) is 0.822. The maximum atomic E-state index is 11.1. The van der Waals surface area contributed by atoms with Gasteiger partial charge in [0.05, 0.1) is 5.56 Å². The lowest BCUT2D eigenvalue weighted by Gasteiger charge is -2.00. The number of amides is 1. The van der Waals surface area contributed by atoms with Crippen molar-refractivity contribution in [3.05, 3.63) is 29.8 Å². The van der Waals surface area contributed by atoms with E-state index in [1.54, 1.807) is 24.3 Å². The van der Waals surface area contributed by atoms with Crippen LogP contribution in [-0.2, 0) is 0 Å². The van der Waals surface area contributed by atoms with E-state index in [2.05, 4.69) is 0 Å². The molecule has 0 saturated heterocycles. The number of nitrogen functional groups attached to an aromatic ring is 1. The van der Waals surface area contributed by atoms with Gasteiger partial charge >= 0.3 is 0 Å². The van der Waals surface area contributed by atoms with Crippen molar-refractivity contribution in [2.45, 2.75) is 0 Å². The first-order valence-corrected chi connectivity index (χ1v) is 3.29. The molecule has 1 aromatic rings. The van der Waals surface area contributed by atoms with Gasteiger partial charge in [-0.3, -0.25) is 10.1 Å². The van der Waals surface area contributed by atoms with Crippen molar-refractivity contribution in [1.82, 2.24) is 5.32 Å². The molecule has 12 heavy (non-hydrogen) atoms. The van der Waals surface area contributed by atoms with Crippen LogP contribution in [0.15, 0.2) is 24.3 Å². The van der Waals surface area contributed by atoms with Gasteiger partial charge in [-0.05, 0) is 12.1 Å². The first-order chi connectivity index (χ1) is 5.75. The molecule has 3 N–H and O–H groups in total. The maximum Gasteiger partial charge on any atom is 0.266 e. The molecule has 0 saturated carbocycles. The minimum Gasteiger partial charge on any atom is -0.398 e. The van der Waals surface area contributed by atoms with Crippen LogP contribution in [0.4, 0.5) is 5.69 Å². The van der Waals surface area contributed by atoms with Crippen LogP contribution in [0.25, 0.3) is 0 Å². The van der Waals surface area contributed by atoms with Crippen LogP contribution in [0, 0.1) is 11.5 Å². The highest BCUT2D eigenvalue weighted by Gasteiger charge is 2.06. The molecule has 0 spiro atoms. The fraction of sp³-hybridized carbons (Fsp3) is 0. The van der Waals surface area contributed by atoms with Crippen LogP contribution < -0.4 is 11.1 Å². The molecule has 4 heteroatoms. The Labute approximate surface area is 69.6 Å². The van der Waals surface area contributed by atoms with Crippen LogP contribution in [-0.4, -0.2) is 5.91 Å². The van der Waals surface area contributed by atoms with Gasteiger partial charge in [-0.15, -0.1) is 0 Å². The molecule has 0 unspecified atom stereocenters. The Morgan fingerprint density at radius 3 is 2.75 bits per heavy atom. The van der Waals surface area contributed by atoms with Gasteiger partial charge in [0.25, 0.3) is 5.91 Å². The predicted molar refractivity (Wildman–Crippen MR) is 43.9 cm³/mol. The Hall–Kier alpha value is -2.02. The molecule has 0 aliphatic carbocycles. The number of nitriles is 1. The third-order valence-corrected chi connectivity index (χ3v) is 1.37. The van der Waals surface area contributed by atoms with Gasteiger partial charge in [0.1, 0.15) is 0 Å². The summed E-state index contributed by atoms with van der Waals surface area (Å²) in [5.74, 6) is -0.476. The summed E-state index contributed by atoms with van der Waals surface area (Å²) < 4.78 is 0. The monoisotopic (exact) mass is 161 g/mol. The van der Waals surface area contributed by atoms with Gasteiger partial charge in [0.2, 0.25) is 0 Å². The number of hydrogen-bond acceptors (Lipinski definition) is 3. The molecule has 0 atom stereocenters. The minimum absolute atomic E-state index is 0.319. The van der Waals surface area contributed by atoms with Crippen molar-refractivity contribution in [1.29, 1.82) is 5.26 Å². The van der Waals surface area contributed by atoms with E-state index in [-0.39, 0.29) is 0 Å². The van der Waals surface area contributed by atoms with Crippen molar-refractivity contribution in [3.8, 4) is 6.19 Å². The van der Waals surface area contributed by atoms with Crippen LogP contribution in [0.2, 0.25) is 0 Å². The number of anilines is 1. The summed E-state index contributed by atoms with van der Waals surface area (Å²) in [5.41, 5.74) is 6.17. The maximum absolute atomic E-state index is 11.1. The lowest BCUT2D eigenvalue weighted by atomic mass is 10.2. The smallest absolute Gasteiger partial charge is 0.266 e. The second-order valence-electron chi connectivity index (χ2n) is 2.15. The summed E-state index contributed by atoms with van der Waals surface area (Å²) in [4.78, 5) is 11.1. The summed E-state index contributed by atoms with van der Waals surface area (Å²) in [6, 6.07) is 6.56. The first-order valence-electron chi connectivity index (χ1n) is 3.29. The average molecular weight is 161 g/mol. The van der Waals surface area contributed by atoms with E-state index in [4.69, 9.17) is 11.0 Å². The van der Waals surface area contributed by atoms with E-state index < -0.39 is 5.91 Å². The van der Waals surface area contributed by atoms with Crippen molar-refractivity contribution < 1.29 is 4.79 Å². The SMILES string of the molecule is N#CNC(=O)c1ccccc1N. The number of nitrogens with zero attached hydrogens (tertiary/aromatic N) is 1. The van der Waals surface area contributed by atoms with E-state index in [0.717, 1.165) is 0 Å². The summed E-state index contributed by atoms with van der Waals surface area (Å²) in [5, 5.41) is 10.2. The molecule has 0 aliphatic rings. The number of benzene rings is 1. The zero-order valence-corrected chi connectivity index (χ0v) is 6.24. The van der Waals surface area contributed by atoms with Crippen LogP contribution in [0.5, 0.6) is 0 Å². The quantitative estimate of drug-likeness (QED) is 0.357. The van der Waals surface area contributed by atoms with Crippen LogP contribution in [0.1, 0.15) is 10.4 Å². The normalized spacial score (nSPS) is 8.58. The van der Waals surface area contributed by atoms with Crippen molar-refractivity contribution >= 4 is 11.6 Å². The second-order valence-corrected chi connectivity index (χ2v) is 2.15.